The fourth-order valence-electron chi connectivity index (χ4n) is 1.31. The molecule has 0 saturated carbocycles. The van der Waals surface area contributed by atoms with Gasteiger partial charge in [0.25, 0.3) is 0 Å². The van der Waals surface area contributed by atoms with Crippen LogP contribution in [0.4, 0.5) is 0 Å². The van der Waals surface area contributed by atoms with Crippen LogP contribution in [0.15, 0.2) is 42.5 Å². The number of methoxy groups -OCH3 is 1. The number of aryl methyl sites for hydroxylation is 2. The van der Waals surface area contributed by atoms with Crippen LogP contribution in [0.2, 0.25) is 0 Å². The molecule has 0 spiro atoms. The van der Waals surface area contributed by atoms with Crippen LogP contribution in [0.1, 0.15) is 11.1 Å². The van der Waals surface area contributed by atoms with Crippen LogP contribution in [-0.4, -0.2) is 17.3 Å². The Hall–Kier alpha value is -2.16. The number of aromatic hydroxyl groups is 2. The molecule has 0 saturated heterocycles. The van der Waals surface area contributed by atoms with Gasteiger partial charge in [-0.2, -0.15) is 0 Å². The molecule has 0 atom stereocenters. The minimum absolute atomic E-state index is 0.185. The predicted molar refractivity (Wildman–Crippen MR) is 72.2 cm³/mol. The second kappa shape index (κ2) is 6.55. The predicted octanol–water partition coefficient (Wildman–Crippen LogP) is 3.41. The number of phenolic OH excluding ortho intramolecular Hbond substituents is 2. The highest BCUT2D eigenvalue weighted by molar-refractivity contribution is 5.37. The van der Waals surface area contributed by atoms with Crippen molar-refractivity contribution < 1.29 is 14.9 Å². The van der Waals surface area contributed by atoms with E-state index in [0.29, 0.717) is 5.56 Å². The minimum Gasteiger partial charge on any atom is -0.508 e. The monoisotopic (exact) mass is 246 g/mol. The summed E-state index contributed by atoms with van der Waals surface area (Å²) in [6.07, 6.45) is 0. The smallest absolute Gasteiger partial charge is 0.118 e. The molecule has 3 heteroatoms. The molecule has 2 rings (SSSR count). The molecule has 0 unspecified atom stereocenters. The average Bonchev–Trinajstić information content (AvgIpc) is 2.36. The van der Waals surface area contributed by atoms with E-state index >= 15 is 0 Å². The Kier molecular flexibility index (Phi) is 5.06. The Morgan fingerprint density at radius 3 is 1.94 bits per heavy atom. The van der Waals surface area contributed by atoms with Gasteiger partial charge in [-0.1, -0.05) is 17.7 Å². The van der Waals surface area contributed by atoms with E-state index in [-0.39, 0.29) is 11.5 Å². The van der Waals surface area contributed by atoms with Crippen molar-refractivity contribution in [1.29, 1.82) is 0 Å². The van der Waals surface area contributed by atoms with Crippen molar-refractivity contribution in [1.82, 2.24) is 0 Å². The van der Waals surface area contributed by atoms with E-state index in [9.17, 15) is 0 Å². The van der Waals surface area contributed by atoms with Crippen molar-refractivity contribution >= 4 is 0 Å². The van der Waals surface area contributed by atoms with Gasteiger partial charge in [0.2, 0.25) is 0 Å². The molecule has 0 heterocycles. The van der Waals surface area contributed by atoms with Crippen molar-refractivity contribution in [3.05, 3.63) is 53.6 Å². The van der Waals surface area contributed by atoms with E-state index in [1.807, 2.05) is 24.3 Å². The summed E-state index contributed by atoms with van der Waals surface area (Å²) in [5, 5.41) is 17.8. The number of hydrogen-bond donors (Lipinski definition) is 2. The molecule has 0 fully saturated rings. The highest BCUT2D eigenvalue weighted by Crippen LogP contribution is 2.19. The number of benzene rings is 2. The van der Waals surface area contributed by atoms with E-state index in [1.54, 1.807) is 14.0 Å². The van der Waals surface area contributed by atoms with E-state index in [0.717, 1.165) is 5.75 Å². The van der Waals surface area contributed by atoms with Gasteiger partial charge in [0.15, 0.2) is 0 Å². The lowest BCUT2D eigenvalue weighted by Gasteiger charge is -1.97. The molecule has 96 valence electrons. The van der Waals surface area contributed by atoms with E-state index in [1.165, 1.54) is 23.8 Å². The summed E-state index contributed by atoms with van der Waals surface area (Å²) < 4.78 is 4.97. The number of ether oxygens (including phenoxy) is 1. The van der Waals surface area contributed by atoms with Gasteiger partial charge < -0.3 is 14.9 Å². The highest BCUT2D eigenvalue weighted by atomic mass is 16.5. The summed E-state index contributed by atoms with van der Waals surface area (Å²) in [7, 11) is 1.67. The largest absolute Gasteiger partial charge is 0.508 e. The van der Waals surface area contributed by atoms with Crippen LogP contribution < -0.4 is 4.74 Å². The minimum atomic E-state index is 0.185. The third-order valence-corrected chi connectivity index (χ3v) is 2.44. The topological polar surface area (TPSA) is 49.7 Å². The Labute approximate surface area is 107 Å². The quantitative estimate of drug-likeness (QED) is 0.758. The molecule has 0 aromatic heterocycles. The van der Waals surface area contributed by atoms with Gasteiger partial charge in [0.1, 0.15) is 17.2 Å². The molecule has 3 nitrogen and oxygen atoms in total. The Morgan fingerprint density at radius 2 is 1.50 bits per heavy atom. The van der Waals surface area contributed by atoms with Crippen molar-refractivity contribution in [2.24, 2.45) is 0 Å². The molecule has 0 aliphatic carbocycles. The summed E-state index contributed by atoms with van der Waals surface area (Å²) in [4.78, 5) is 0. The van der Waals surface area contributed by atoms with Crippen molar-refractivity contribution in [3.8, 4) is 17.2 Å². The normalized spacial score (nSPS) is 9.28. The number of phenols is 2. The van der Waals surface area contributed by atoms with Crippen LogP contribution in [0.3, 0.4) is 0 Å². The molecule has 2 N–H and O–H groups in total. The third-order valence-electron chi connectivity index (χ3n) is 2.44. The van der Waals surface area contributed by atoms with Crippen molar-refractivity contribution in [2.45, 2.75) is 13.8 Å². The van der Waals surface area contributed by atoms with Crippen molar-refractivity contribution in [3.63, 3.8) is 0 Å². The van der Waals surface area contributed by atoms with Gasteiger partial charge in [-0.3, -0.25) is 0 Å². The second-order valence-corrected chi connectivity index (χ2v) is 3.99. The maximum Gasteiger partial charge on any atom is 0.118 e. The molecule has 2 aromatic carbocycles. The Balaban J connectivity index is 0.000000180. The summed E-state index contributed by atoms with van der Waals surface area (Å²) in [6.45, 7) is 3.79. The Bertz CT molecular complexity index is 490. The first-order chi connectivity index (χ1) is 8.52. The molecule has 2 aromatic rings. The molecule has 0 aliphatic heterocycles. The number of hydrogen-bond acceptors (Lipinski definition) is 3. The van der Waals surface area contributed by atoms with Gasteiger partial charge >= 0.3 is 0 Å². The maximum atomic E-state index is 8.93. The Morgan fingerprint density at radius 1 is 0.889 bits per heavy atom. The number of rotatable bonds is 1. The van der Waals surface area contributed by atoms with Gasteiger partial charge in [-0.25, -0.2) is 0 Å². The SMILES string of the molecule is COc1ccc(C)cc1.Cc1cc(O)ccc1O. The first-order valence-electron chi connectivity index (χ1n) is 5.62. The van der Waals surface area contributed by atoms with Crippen LogP contribution in [0.5, 0.6) is 17.2 Å². The summed E-state index contributed by atoms with van der Waals surface area (Å²) in [5.74, 6) is 1.32. The first-order valence-corrected chi connectivity index (χ1v) is 5.62. The lowest BCUT2D eigenvalue weighted by Crippen LogP contribution is -1.80. The van der Waals surface area contributed by atoms with Gasteiger partial charge in [-0.15, -0.1) is 0 Å². The fraction of sp³-hybridized carbons (Fsp3) is 0.200. The molecular weight excluding hydrogens is 228 g/mol. The molecule has 0 bridgehead atoms. The van der Waals surface area contributed by atoms with Crippen LogP contribution in [0, 0.1) is 13.8 Å². The molecule has 18 heavy (non-hydrogen) atoms. The zero-order chi connectivity index (χ0) is 13.5. The van der Waals surface area contributed by atoms with Crippen LogP contribution >= 0.6 is 0 Å². The molecule has 0 aliphatic rings. The lowest BCUT2D eigenvalue weighted by atomic mass is 10.2. The van der Waals surface area contributed by atoms with Gasteiger partial charge in [-0.05, 0) is 49.7 Å². The van der Waals surface area contributed by atoms with E-state index in [2.05, 4.69) is 6.92 Å². The van der Waals surface area contributed by atoms with Crippen LogP contribution in [-0.2, 0) is 0 Å². The van der Waals surface area contributed by atoms with Gasteiger partial charge in [0, 0.05) is 0 Å². The van der Waals surface area contributed by atoms with Crippen LogP contribution in [0.25, 0.3) is 0 Å². The molecular formula is C15H18O3. The zero-order valence-electron chi connectivity index (χ0n) is 10.8. The summed E-state index contributed by atoms with van der Waals surface area (Å²) >= 11 is 0. The van der Waals surface area contributed by atoms with E-state index in [4.69, 9.17) is 14.9 Å². The van der Waals surface area contributed by atoms with Crippen molar-refractivity contribution in [2.75, 3.05) is 7.11 Å². The maximum absolute atomic E-state index is 8.93. The first kappa shape index (κ1) is 13.9. The standard InChI is InChI=1S/C8H10O.C7H8O2/c1-7-3-5-8(9-2)6-4-7;1-5-4-6(8)2-3-7(5)9/h3-6H,1-2H3;2-4,8-9H,1H3. The summed E-state index contributed by atoms with van der Waals surface area (Å²) in [6, 6.07) is 12.4. The fourth-order valence-corrected chi connectivity index (χ4v) is 1.31. The second-order valence-electron chi connectivity index (χ2n) is 3.99. The molecule has 0 radical (unpaired) electrons. The van der Waals surface area contributed by atoms with Gasteiger partial charge in [0.05, 0.1) is 7.11 Å². The average molecular weight is 246 g/mol. The third kappa shape index (κ3) is 4.37. The van der Waals surface area contributed by atoms with E-state index < -0.39 is 0 Å². The zero-order valence-corrected chi connectivity index (χ0v) is 10.8. The summed E-state index contributed by atoms with van der Waals surface area (Å²) in [5.41, 5.74) is 1.95. The highest BCUT2D eigenvalue weighted by Gasteiger charge is 1.93. The lowest BCUT2D eigenvalue weighted by molar-refractivity contribution is 0.414. The molecule has 0 amide bonds.